The number of rotatable bonds is 5. The number of nitriles is 1. The molecule has 2 aromatic rings. The third-order valence-corrected chi connectivity index (χ3v) is 2.84. The van der Waals surface area contributed by atoms with E-state index in [4.69, 9.17) is 5.26 Å². The summed E-state index contributed by atoms with van der Waals surface area (Å²) in [5, 5.41) is 11.3. The number of aromatic nitrogens is 1. The number of ether oxygens (including phenoxy) is 1. The Bertz CT molecular complexity index is 715. The Labute approximate surface area is 129 Å². The highest BCUT2D eigenvalue weighted by atomic mass is 19.4. The first-order valence-corrected chi connectivity index (χ1v) is 6.52. The van der Waals surface area contributed by atoms with Crippen LogP contribution < -0.4 is 10.1 Å². The van der Waals surface area contributed by atoms with E-state index in [0.717, 1.165) is 0 Å². The lowest BCUT2D eigenvalue weighted by Crippen LogP contribution is -2.23. The fraction of sp³-hybridized carbons (Fsp3) is 0.200. The summed E-state index contributed by atoms with van der Waals surface area (Å²) >= 11 is 0. The van der Waals surface area contributed by atoms with Crippen LogP contribution in [0.1, 0.15) is 21.6 Å². The molecule has 2 N–H and O–H groups in total. The van der Waals surface area contributed by atoms with Gasteiger partial charge in [0.2, 0.25) is 0 Å². The zero-order valence-corrected chi connectivity index (χ0v) is 11.8. The molecule has 23 heavy (non-hydrogen) atoms. The van der Waals surface area contributed by atoms with Crippen LogP contribution in [-0.4, -0.2) is 23.7 Å². The van der Waals surface area contributed by atoms with E-state index in [1.54, 1.807) is 12.1 Å². The van der Waals surface area contributed by atoms with Gasteiger partial charge in [0.1, 0.15) is 17.5 Å². The SMILES string of the molecule is N#Cc1c[nH]c(C(=O)NCc2ccc(OCC(F)(F)F)cc2)c1. The second kappa shape index (κ2) is 6.87. The highest BCUT2D eigenvalue weighted by molar-refractivity contribution is 5.92. The van der Waals surface area contributed by atoms with Crippen LogP contribution in [0.25, 0.3) is 0 Å². The summed E-state index contributed by atoms with van der Waals surface area (Å²) < 4.78 is 40.7. The van der Waals surface area contributed by atoms with E-state index < -0.39 is 12.8 Å². The average molecular weight is 323 g/mol. The molecule has 5 nitrogen and oxygen atoms in total. The van der Waals surface area contributed by atoms with Crippen LogP contribution in [0.3, 0.4) is 0 Å². The van der Waals surface area contributed by atoms with E-state index in [2.05, 4.69) is 15.0 Å². The number of amides is 1. The molecule has 0 aliphatic rings. The van der Waals surface area contributed by atoms with Gasteiger partial charge < -0.3 is 15.0 Å². The molecule has 1 aromatic carbocycles. The molecule has 120 valence electrons. The van der Waals surface area contributed by atoms with Crippen LogP contribution >= 0.6 is 0 Å². The van der Waals surface area contributed by atoms with Crippen molar-refractivity contribution in [1.82, 2.24) is 10.3 Å². The van der Waals surface area contributed by atoms with Crippen molar-refractivity contribution >= 4 is 5.91 Å². The van der Waals surface area contributed by atoms with Gasteiger partial charge in [0.05, 0.1) is 5.56 Å². The zero-order chi connectivity index (χ0) is 16.9. The molecule has 0 fully saturated rings. The van der Waals surface area contributed by atoms with Gasteiger partial charge >= 0.3 is 6.18 Å². The minimum atomic E-state index is -4.38. The first-order chi connectivity index (χ1) is 10.9. The predicted octanol–water partition coefficient (Wildman–Crippen LogP) is 2.76. The van der Waals surface area contributed by atoms with Crippen molar-refractivity contribution in [2.24, 2.45) is 0 Å². The van der Waals surface area contributed by atoms with E-state index in [1.165, 1.54) is 24.4 Å². The number of carbonyl (C=O) groups is 1. The van der Waals surface area contributed by atoms with Crippen LogP contribution in [0.15, 0.2) is 36.5 Å². The molecule has 0 aliphatic heterocycles. The molecule has 2 rings (SSSR count). The molecule has 8 heteroatoms. The Morgan fingerprint density at radius 3 is 2.57 bits per heavy atom. The van der Waals surface area contributed by atoms with Crippen molar-refractivity contribution in [3.05, 3.63) is 53.3 Å². The van der Waals surface area contributed by atoms with E-state index >= 15 is 0 Å². The molecule has 0 radical (unpaired) electrons. The van der Waals surface area contributed by atoms with Crippen molar-refractivity contribution in [3.8, 4) is 11.8 Å². The van der Waals surface area contributed by atoms with Gasteiger partial charge in [0, 0.05) is 12.7 Å². The van der Waals surface area contributed by atoms with E-state index in [-0.39, 0.29) is 23.9 Å². The number of halogens is 3. The number of nitrogens with zero attached hydrogens (tertiary/aromatic N) is 1. The summed E-state index contributed by atoms with van der Waals surface area (Å²) in [5.41, 5.74) is 1.30. The molecule has 0 atom stereocenters. The molecule has 0 saturated carbocycles. The molecule has 0 saturated heterocycles. The third-order valence-electron chi connectivity index (χ3n) is 2.84. The summed E-state index contributed by atoms with van der Waals surface area (Å²) in [6, 6.07) is 9.23. The van der Waals surface area contributed by atoms with Gasteiger partial charge in [-0.25, -0.2) is 0 Å². The molecule has 0 bridgehead atoms. The number of hydrogen-bond donors (Lipinski definition) is 2. The molecule has 0 unspecified atom stereocenters. The van der Waals surface area contributed by atoms with Crippen LogP contribution in [-0.2, 0) is 6.54 Å². The second-order valence-electron chi connectivity index (χ2n) is 4.64. The third kappa shape index (κ3) is 5.07. The Hall–Kier alpha value is -2.95. The number of aromatic amines is 1. The Kier molecular flexibility index (Phi) is 4.91. The van der Waals surface area contributed by atoms with Crippen molar-refractivity contribution in [3.63, 3.8) is 0 Å². The Morgan fingerprint density at radius 1 is 1.30 bits per heavy atom. The fourth-order valence-corrected chi connectivity index (χ4v) is 1.74. The molecular weight excluding hydrogens is 311 g/mol. The Balaban J connectivity index is 1.86. The van der Waals surface area contributed by atoms with Crippen molar-refractivity contribution in [2.45, 2.75) is 12.7 Å². The minimum absolute atomic E-state index is 0.0976. The van der Waals surface area contributed by atoms with Crippen molar-refractivity contribution in [1.29, 1.82) is 5.26 Å². The number of alkyl halides is 3. The molecule has 1 heterocycles. The van der Waals surface area contributed by atoms with Gasteiger partial charge in [-0.05, 0) is 23.8 Å². The van der Waals surface area contributed by atoms with E-state index in [9.17, 15) is 18.0 Å². The first kappa shape index (κ1) is 16.4. The van der Waals surface area contributed by atoms with Crippen LogP contribution in [0.2, 0.25) is 0 Å². The van der Waals surface area contributed by atoms with E-state index in [1.807, 2.05) is 6.07 Å². The van der Waals surface area contributed by atoms with Gasteiger partial charge in [-0.2, -0.15) is 18.4 Å². The van der Waals surface area contributed by atoms with Gasteiger partial charge in [-0.3, -0.25) is 4.79 Å². The number of nitrogens with one attached hydrogen (secondary N) is 2. The van der Waals surface area contributed by atoms with Crippen LogP contribution in [0.5, 0.6) is 5.75 Å². The maximum atomic E-state index is 12.0. The summed E-state index contributed by atoms with van der Waals surface area (Å²) in [7, 11) is 0. The predicted molar refractivity (Wildman–Crippen MR) is 74.7 cm³/mol. The van der Waals surface area contributed by atoms with Crippen LogP contribution in [0.4, 0.5) is 13.2 Å². The number of carbonyl (C=O) groups excluding carboxylic acids is 1. The smallest absolute Gasteiger partial charge is 0.422 e. The monoisotopic (exact) mass is 323 g/mol. The second-order valence-corrected chi connectivity index (χ2v) is 4.64. The molecule has 1 aromatic heterocycles. The van der Waals surface area contributed by atoms with E-state index in [0.29, 0.717) is 11.1 Å². The maximum Gasteiger partial charge on any atom is 0.422 e. The molecule has 0 aliphatic carbocycles. The van der Waals surface area contributed by atoms with Crippen molar-refractivity contribution < 1.29 is 22.7 Å². The van der Waals surface area contributed by atoms with Gasteiger partial charge in [-0.1, -0.05) is 12.1 Å². The largest absolute Gasteiger partial charge is 0.484 e. The maximum absolute atomic E-state index is 12.0. The lowest BCUT2D eigenvalue weighted by Gasteiger charge is -2.10. The molecule has 1 amide bonds. The van der Waals surface area contributed by atoms with Crippen LogP contribution in [0, 0.1) is 11.3 Å². The highest BCUT2D eigenvalue weighted by Gasteiger charge is 2.28. The number of H-pyrrole nitrogens is 1. The lowest BCUT2D eigenvalue weighted by molar-refractivity contribution is -0.153. The van der Waals surface area contributed by atoms with Gasteiger partial charge in [0.15, 0.2) is 6.61 Å². The first-order valence-electron chi connectivity index (χ1n) is 6.52. The lowest BCUT2D eigenvalue weighted by atomic mass is 10.2. The molecule has 0 spiro atoms. The minimum Gasteiger partial charge on any atom is -0.484 e. The standard InChI is InChI=1S/C15H12F3N3O2/c16-15(17,18)9-23-12-3-1-10(2-4-12)7-21-14(22)13-5-11(6-19)8-20-13/h1-5,8,20H,7,9H2,(H,21,22). The van der Waals surface area contributed by atoms with Gasteiger partial charge in [0.25, 0.3) is 5.91 Å². The average Bonchev–Trinajstić information content (AvgIpc) is 3.00. The number of benzene rings is 1. The van der Waals surface area contributed by atoms with Gasteiger partial charge in [-0.15, -0.1) is 0 Å². The Morgan fingerprint density at radius 2 is 2.00 bits per heavy atom. The summed E-state index contributed by atoms with van der Waals surface area (Å²) in [4.78, 5) is 14.5. The molecular formula is C15H12F3N3O2. The van der Waals surface area contributed by atoms with Crippen molar-refractivity contribution in [2.75, 3.05) is 6.61 Å². The zero-order valence-electron chi connectivity index (χ0n) is 11.8. The fourth-order valence-electron chi connectivity index (χ4n) is 1.74. The summed E-state index contributed by atoms with van der Waals surface area (Å²) in [5.74, 6) is -0.288. The summed E-state index contributed by atoms with van der Waals surface area (Å²) in [6.07, 6.45) is -2.97. The number of hydrogen-bond acceptors (Lipinski definition) is 3. The quantitative estimate of drug-likeness (QED) is 0.888. The highest BCUT2D eigenvalue weighted by Crippen LogP contribution is 2.18. The summed E-state index contributed by atoms with van der Waals surface area (Å²) in [6.45, 7) is -1.16. The normalized spacial score (nSPS) is 10.9. The topological polar surface area (TPSA) is 77.9 Å².